The van der Waals surface area contributed by atoms with Crippen molar-refractivity contribution in [1.29, 1.82) is 0 Å². The van der Waals surface area contributed by atoms with Crippen LogP contribution in [-0.4, -0.2) is 53.8 Å². The second-order valence-electron chi connectivity index (χ2n) is 6.20. The van der Waals surface area contributed by atoms with E-state index in [-0.39, 0.29) is 23.4 Å². The standard InChI is InChI=1S/C17H18N8O2/c26-13-2-1-5-19-16(13)23-17(27)12-3-6-24(7-4-12)14-8-15(21-10-20-14)25-11-18-9-22-25/h1-2,5,8-12,26H,3-4,6-7H2,(H,19,23,27). The highest BCUT2D eigenvalue weighted by molar-refractivity contribution is 5.92. The van der Waals surface area contributed by atoms with Crippen LogP contribution in [0.4, 0.5) is 11.6 Å². The summed E-state index contributed by atoms with van der Waals surface area (Å²) in [5.41, 5.74) is 0. The molecule has 1 amide bonds. The number of carbonyl (C=O) groups is 1. The largest absolute Gasteiger partial charge is 0.504 e. The maximum atomic E-state index is 12.4. The van der Waals surface area contributed by atoms with E-state index in [1.807, 2.05) is 6.07 Å². The normalized spacial score (nSPS) is 14.9. The average molecular weight is 366 g/mol. The molecule has 2 N–H and O–H groups in total. The van der Waals surface area contributed by atoms with Crippen LogP contribution in [0.25, 0.3) is 5.82 Å². The second-order valence-corrected chi connectivity index (χ2v) is 6.20. The number of anilines is 2. The Morgan fingerprint density at radius 1 is 1.15 bits per heavy atom. The van der Waals surface area contributed by atoms with E-state index in [4.69, 9.17) is 0 Å². The molecule has 0 atom stereocenters. The Morgan fingerprint density at radius 2 is 1.96 bits per heavy atom. The van der Waals surface area contributed by atoms with Gasteiger partial charge in [0.25, 0.3) is 0 Å². The van der Waals surface area contributed by atoms with Gasteiger partial charge in [0.2, 0.25) is 5.91 Å². The van der Waals surface area contributed by atoms with Crippen molar-refractivity contribution in [3.05, 3.63) is 43.4 Å². The molecular weight excluding hydrogens is 348 g/mol. The van der Waals surface area contributed by atoms with E-state index in [0.29, 0.717) is 31.7 Å². The first kappa shape index (κ1) is 16.9. The minimum absolute atomic E-state index is 0.0371. The number of nitrogens with one attached hydrogen (secondary N) is 1. The SMILES string of the molecule is O=C(Nc1ncccc1O)C1CCN(c2cc(-n3cncn3)ncn2)CC1. The lowest BCUT2D eigenvalue weighted by Gasteiger charge is -2.32. The van der Waals surface area contributed by atoms with Crippen molar-refractivity contribution < 1.29 is 9.90 Å². The van der Waals surface area contributed by atoms with Crippen molar-refractivity contribution >= 4 is 17.5 Å². The van der Waals surface area contributed by atoms with Gasteiger partial charge in [-0.25, -0.2) is 24.6 Å². The molecule has 1 fully saturated rings. The molecule has 0 spiro atoms. The quantitative estimate of drug-likeness (QED) is 0.702. The average Bonchev–Trinajstić information content (AvgIpc) is 3.25. The third-order valence-electron chi connectivity index (χ3n) is 4.51. The fraction of sp³-hybridized carbons (Fsp3) is 0.294. The Kier molecular flexibility index (Phi) is 4.60. The van der Waals surface area contributed by atoms with E-state index in [2.05, 4.69) is 35.3 Å². The number of amides is 1. The second kappa shape index (κ2) is 7.36. The number of aromatic hydroxyl groups is 1. The van der Waals surface area contributed by atoms with Gasteiger partial charge in [-0.15, -0.1) is 0 Å². The number of nitrogens with zero attached hydrogens (tertiary/aromatic N) is 7. The van der Waals surface area contributed by atoms with Crippen LogP contribution in [0.1, 0.15) is 12.8 Å². The molecule has 4 heterocycles. The van der Waals surface area contributed by atoms with Crippen molar-refractivity contribution in [2.75, 3.05) is 23.3 Å². The minimum atomic E-state index is -0.140. The molecule has 0 radical (unpaired) electrons. The van der Waals surface area contributed by atoms with Crippen molar-refractivity contribution in [2.24, 2.45) is 5.92 Å². The maximum absolute atomic E-state index is 12.4. The van der Waals surface area contributed by atoms with Crippen LogP contribution < -0.4 is 10.2 Å². The fourth-order valence-corrected chi connectivity index (χ4v) is 3.04. The van der Waals surface area contributed by atoms with Gasteiger partial charge in [0.1, 0.15) is 24.8 Å². The molecule has 4 rings (SSSR count). The highest BCUT2D eigenvalue weighted by atomic mass is 16.3. The van der Waals surface area contributed by atoms with Gasteiger partial charge in [-0.3, -0.25) is 4.79 Å². The molecule has 3 aromatic rings. The number of piperidine rings is 1. The Labute approximate surface area is 154 Å². The van der Waals surface area contributed by atoms with Crippen molar-refractivity contribution in [3.63, 3.8) is 0 Å². The van der Waals surface area contributed by atoms with Crippen LogP contribution in [0.15, 0.2) is 43.4 Å². The van der Waals surface area contributed by atoms with Gasteiger partial charge in [-0.05, 0) is 25.0 Å². The van der Waals surface area contributed by atoms with E-state index in [1.165, 1.54) is 24.9 Å². The number of aromatic nitrogens is 6. The molecule has 0 unspecified atom stereocenters. The Bertz CT molecular complexity index is 922. The molecule has 0 saturated carbocycles. The van der Waals surface area contributed by atoms with Crippen molar-refractivity contribution in [3.8, 4) is 11.6 Å². The Hall–Kier alpha value is -3.56. The molecule has 1 aliphatic heterocycles. The summed E-state index contributed by atoms with van der Waals surface area (Å²) < 4.78 is 1.57. The van der Waals surface area contributed by atoms with Crippen LogP contribution in [0, 0.1) is 5.92 Å². The summed E-state index contributed by atoms with van der Waals surface area (Å²) in [6, 6.07) is 4.95. The van der Waals surface area contributed by atoms with Gasteiger partial charge in [-0.1, -0.05) is 0 Å². The predicted octanol–water partition coefficient (Wildman–Crippen LogP) is 1.01. The van der Waals surface area contributed by atoms with Gasteiger partial charge in [0, 0.05) is 31.3 Å². The zero-order chi connectivity index (χ0) is 18.6. The van der Waals surface area contributed by atoms with E-state index in [1.54, 1.807) is 17.1 Å². The van der Waals surface area contributed by atoms with Gasteiger partial charge in [0.15, 0.2) is 17.4 Å². The highest BCUT2D eigenvalue weighted by Crippen LogP contribution is 2.25. The molecule has 138 valence electrons. The van der Waals surface area contributed by atoms with Gasteiger partial charge < -0.3 is 15.3 Å². The number of hydrogen-bond donors (Lipinski definition) is 2. The lowest BCUT2D eigenvalue weighted by Crippen LogP contribution is -2.38. The number of carbonyl (C=O) groups excluding carboxylic acids is 1. The summed E-state index contributed by atoms with van der Waals surface area (Å²) in [5.74, 6) is 1.32. The lowest BCUT2D eigenvalue weighted by atomic mass is 9.96. The fourth-order valence-electron chi connectivity index (χ4n) is 3.04. The van der Waals surface area contributed by atoms with E-state index in [9.17, 15) is 9.90 Å². The van der Waals surface area contributed by atoms with Gasteiger partial charge in [0.05, 0.1) is 0 Å². The summed E-state index contributed by atoms with van der Waals surface area (Å²) in [5, 5.41) is 16.5. The lowest BCUT2D eigenvalue weighted by molar-refractivity contribution is -0.120. The van der Waals surface area contributed by atoms with Crippen LogP contribution in [0.3, 0.4) is 0 Å². The maximum Gasteiger partial charge on any atom is 0.228 e. The number of hydrogen-bond acceptors (Lipinski definition) is 8. The van der Waals surface area contributed by atoms with Crippen LogP contribution in [-0.2, 0) is 4.79 Å². The first-order valence-corrected chi connectivity index (χ1v) is 8.57. The first-order valence-electron chi connectivity index (χ1n) is 8.57. The topological polar surface area (TPSA) is 122 Å². The summed E-state index contributed by atoms with van der Waals surface area (Å²) in [6.07, 6.45) is 7.42. The summed E-state index contributed by atoms with van der Waals surface area (Å²) in [4.78, 5) is 31.0. The third kappa shape index (κ3) is 3.68. The number of rotatable bonds is 4. The highest BCUT2D eigenvalue weighted by Gasteiger charge is 2.26. The first-order chi connectivity index (χ1) is 13.2. The summed E-state index contributed by atoms with van der Waals surface area (Å²) in [7, 11) is 0. The van der Waals surface area contributed by atoms with Gasteiger partial charge in [-0.2, -0.15) is 5.10 Å². The zero-order valence-corrected chi connectivity index (χ0v) is 14.4. The molecule has 1 aliphatic rings. The molecule has 10 heteroatoms. The molecule has 0 aromatic carbocycles. The van der Waals surface area contributed by atoms with Crippen molar-refractivity contribution in [2.45, 2.75) is 12.8 Å². The Balaban J connectivity index is 1.38. The molecule has 0 bridgehead atoms. The predicted molar refractivity (Wildman–Crippen MR) is 96.4 cm³/mol. The van der Waals surface area contributed by atoms with E-state index >= 15 is 0 Å². The molecule has 0 aliphatic carbocycles. The zero-order valence-electron chi connectivity index (χ0n) is 14.4. The smallest absolute Gasteiger partial charge is 0.228 e. The molecule has 3 aromatic heterocycles. The molecular formula is C17H18N8O2. The molecule has 10 nitrogen and oxygen atoms in total. The van der Waals surface area contributed by atoms with E-state index < -0.39 is 0 Å². The number of pyridine rings is 1. The van der Waals surface area contributed by atoms with Crippen molar-refractivity contribution in [1.82, 2.24) is 29.7 Å². The molecule has 27 heavy (non-hydrogen) atoms. The minimum Gasteiger partial charge on any atom is -0.504 e. The molecule has 1 saturated heterocycles. The monoisotopic (exact) mass is 366 g/mol. The van der Waals surface area contributed by atoms with Gasteiger partial charge >= 0.3 is 0 Å². The van der Waals surface area contributed by atoms with Crippen LogP contribution in [0.2, 0.25) is 0 Å². The van der Waals surface area contributed by atoms with Crippen LogP contribution >= 0.6 is 0 Å². The summed E-state index contributed by atoms with van der Waals surface area (Å²) >= 11 is 0. The summed E-state index contributed by atoms with van der Waals surface area (Å²) in [6.45, 7) is 1.39. The van der Waals surface area contributed by atoms with E-state index in [0.717, 1.165) is 5.82 Å². The third-order valence-corrected chi connectivity index (χ3v) is 4.51. The Morgan fingerprint density at radius 3 is 2.70 bits per heavy atom. The van der Waals surface area contributed by atoms with Crippen LogP contribution in [0.5, 0.6) is 5.75 Å².